The number of sulfonamides is 1. The third kappa shape index (κ3) is 4.31. The molecule has 0 bridgehead atoms. The lowest BCUT2D eigenvalue weighted by atomic mass is 9.80. The molecule has 10 heteroatoms. The van der Waals surface area contributed by atoms with Gasteiger partial charge in [-0.25, -0.2) is 12.7 Å². The van der Waals surface area contributed by atoms with E-state index in [0.29, 0.717) is 50.5 Å². The molecule has 0 spiro atoms. The lowest BCUT2D eigenvalue weighted by Crippen LogP contribution is -2.39. The second-order valence-electron chi connectivity index (χ2n) is 8.57. The fourth-order valence-corrected chi connectivity index (χ4v) is 5.89. The first-order chi connectivity index (χ1) is 14.7. The van der Waals surface area contributed by atoms with Gasteiger partial charge in [0, 0.05) is 25.6 Å². The van der Waals surface area contributed by atoms with E-state index < -0.39 is 15.4 Å². The van der Waals surface area contributed by atoms with Crippen molar-refractivity contribution < 1.29 is 22.5 Å². The molecular formula is C21H28N4O5S. The van der Waals surface area contributed by atoms with Crippen molar-refractivity contribution in [3.05, 3.63) is 41.5 Å². The predicted molar refractivity (Wildman–Crippen MR) is 113 cm³/mol. The minimum Gasteiger partial charge on any atom is -0.496 e. The molecule has 1 amide bonds. The zero-order valence-electron chi connectivity index (χ0n) is 18.0. The molecule has 1 aliphatic heterocycles. The van der Waals surface area contributed by atoms with E-state index in [4.69, 9.17) is 9.26 Å². The number of carbonyl (C=O) groups is 1. The number of nitrogens with zero attached hydrogens (tertiary/aromatic N) is 3. The Kier molecular flexibility index (Phi) is 5.78. The van der Waals surface area contributed by atoms with Gasteiger partial charge >= 0.3 is 0 Å². The van der Waals surface area contributed by atoms with E-state index in [1.165, 1.54) is 10.6 Å². The standard InChI is InChI=1S/C21H28N4O5S/c1-14-22-20(30-24-14)21-11-17(10-16(21)12-25(13-21)31(3,27)28)23-19(26)9-8-15-6-4-5-7-18(15)29-2/h4-7,16-17H,8-13H2,1-3H3,(H,23,26)/t16?,17-,21+/m1/s1. The summed E-state index contributed by atoms with van der Waals surface area (Å²) in [7, 11) is -1.71. The van der Waals surface area contributed by atoms with E-state index in [-0.39, 0.29) is 17.9 Å². The summed E-state index contributed by atoms with van der Waals surface area (Å²) in [6.07, 6.45) is 3.41. The topological polar surface area (TPSA) is 115 Å². The van der Waals surface area contributed by atoms with E-state index in [1.807, 2.05) is 24.3 Å². The second kappa shape index (κ2) is 8.23. The van der Waals surface area contributed by atoms with E-state index in [0.717, 1.165) is 11.3 Å². The van der Waals surface area contributed by atoms with Gasteiger partial charge in [-0.05, 0) is 43.7 Å². The molecule has 1 aliphatic carbocycles. The Balaban J connectivity index is 1.44. The molecule has 1 saturated heterocycles. The minimum absolute atomic E-state index is 0.0154. The van der Waals surface area contributed by atoms with Crippen molar-refractivity contribution in [1.82, 2.24) is 19.8 Å². The van der Waals surface area contributed by atoms with Crippen molar-refractivity contribution in [1.29, 1.82) is 0 Å². The van der Waals surface area contributed by atoms with Gasteiger partial charge in [-0.15, -0.1) is 0 Å². The Hall–Kier alpha value is -2.46. The summed E-state index contributed by atoms with van der Waals surface area (Å²) in [6.45, 7) is 2.44. The Labute approximate surface area is 182 Å². The van der Waals surface area contributed by atoms with Crippen molar-refractivity contribution in [3.63, 3.8) is 0 Å². The van der Waals surface area contributed by atoms with Crippen LogP contribution >= 0.6 is 0 Å². The van der Waals surface area contributed by atoms with Crippen LogP contribution in [0.2, 0.25) is 0 Å². The zero-order valence-corrected chi connectivity index (χ0v) is 18.8. The Morgan fingerprint density at radius 2 is 2.16 bits per heavy atom. The zero-order chi connectivity index (χ0) is 22.2. The maximum absolute atomic E-state index is 12.7. The minimum atomic E-state index is -3.33. The average molecular weight is 449 g/mol. The molecule has 4 rings (SSSR count). The Bertz CT molecular complexity index is 1070. The van der Waals surface area contributed by atoms with Crippen molar-refractivity contribution in [2.75, 3.05) is 26.5 Å². The van der Waals surface area contributed by atoms with Crippen molar-refractivity contribution in [3.8, 4) is 5.75 Å². The highest BCUT2D eigenvalue weighted by Gasteiger charge is 2.58. The molecule has 2 fully saturated rings. The molecule has 2 heterocycles. The fourth-order valence-electron chi connectivity index (χ4n) is 4.98. The van der Waals surface area contributed by atoms with Gasteiger partial charge in [-0.1, -0.05) is 23.4 Å². The summed E-state index contributed by atoms with van der Waals surface area (Å²) >= 11 is 0. The summed E-state index contributed by atoms with van der Waals surface area (Å²) in [5.74, 6) is 1.74. The molecule has 2 aliphatic rings. The fraction of sp³-hybridized carbons (Fsp3) is 0.571. The number of methoxy groups -OCH3 is 1. The first-order valence-electron chi connectivity index (χ1n) is 10.4. The quantitative estimate of drug-likeness (QED) is 0.681. The van der Waals surface area contributed by atoms with Gasteiger partial charge in [0.1, 0.15) is 5.75 Å². The highest BCUT2D eigenvalue weighted by molar-refractivity contribution is 7.88. The van der Waals surface area contributed by atoms with Crippen LogP contribution in [0.1, 0.15) is 36.5 Å². The molecule has 1 aromatic carbocycles. The van der Waals surface area contributed by atoms with Gasteiger partial charge in [0.25, 0.3) is 0 Å². The smallest absolute Gasteiger partial charge is 0.234 e. The van der Waals surface area contributed by atoms with E-state index in [2.05, 4.69) is 15.5 Å². The van der Waals surface area contributed by atoms with Gasteiger partial charge in [0.05, 0.1) is 18.8 Å². The van der Waals surface area contributed by atoms with E-state index in [1.54, 1.807) is 14.0 Å². The van der Waals surface area contributed by atoms with Gasteiger partial charge in [-0.2, -0.15) is 4.98 Å². The van der Waals surface area contributed by atoms with Crippen molar-refractivity contribution in [2.45, 2.75) is 44.1 Å². The number of carbonyl (C=O) groups excluding carboxylic acids is 1. The third-order valence-corrected chi connectivity index (χ3v) is 7.66. The molecule has 3 atom stereocenters. The number of nitrogens with one attached hydrogen (secondary N) is 1. The Morgan fingerprint density at radius 3 is 2.84 bits per heavy atom. The number of hydrogen-bond donors (Lipinski definition) is 1. The number of para-hydroxylation sites is 1. The SMILES string of the molecule is COc1ccccc1CCC(=O)N[C@@H]1CC2CN(S(C)(=O)=O)C[C@@]2(c2nc(C)no2)C1. The highest BCUT2D eigenvalue weighted by atomic mass is 32.2. The third-order valence-electron chi connectivity index (χ3n) is 6.45. The van der Waals surface area contributed by atoms with Gasteiger partial charge in [-0.3, -0.25) is 4.79 Å². The maximum Gasteiger partial charge on any atom is 0.234 e. The summed E-state index contributed by atoms with van der Waals surface area (Å²) < 4.78 is 36.6. The molecule has 1 N–H and O–H groups in total. The van der Waals surface area contributed by atoms with Crippen LogP contribution < -0.4 is 10.1 Å². The van der Waals surface area contributed by atoms with E-state index >= 15 is 0 Å². The molecule has 9 nitrogen and oxygen atoms in total. The first-order valence-corrected chi connectivity index (χ1v) is 12.2. The van der Waals surface area contributed by atoms with Crippen LogP contribution in [0.4, 0.5) is 0 Å². The number of aromatic nitrogens is 2. The number of rotatable bonds is 7. The summed E-state index contributed by atoms with van der Waals surface area (Å²) in [5.41, 5.74) is 0.426. The summed E-state index contributed by atoms with van der Waals surface area (Å²) in [4.78, 5) is 17.1. The lowest BCUT2D eigenvalue weighted by molar-refractivity contribution is -0.121. The predicted octanol–water partition coefficient (Wildman–Crippen LogP) is 1.43. The van der Waals surface area contributed by atoms with Crippen LogP contribution in [0.3, 0.4) is 0 Å². The van der Waals surface area contributed by atoms with Crippen LogP contribution in [0, 0.1) is 12.8 Å². The molecule has 1 aromatic heterocycles. The molecular weight excluding hydrogens is 420 g/mol. The number of fused-ring (bicyclic) bond motifs is 1. The van der Waals surface area contributed by atoms with Crippen LogP contribution in [0.25, 0.3) is 0 Å². The lowest BCUT2D eigenvalue weighted by Gasteiger charge is -2.24. The molecule has 31 heavy (non-hydrogen) atoms. The number of aryl methyl sites for hydroxylation is 2. The molecule has 1 saturated carbocycles. The summed E-state index contributed by atoms with van der Waals surface area (Å²) in [6, 6.07) is 7.60. The molecule has 168 valence electrons. The molecule has 1 unspecified atom stereocenters. The van der Waals surface area contributed by atoms with Gasteiger partial charge in [0.15, 0.2) is 5.82 Å². The van der Waals surface area contributed by atoms with E-state index in [9.17, 15) is 13.2 Å². The molecule has 0 radical (unpaired) electrons. The normalized spacial score (nSPS) is 26.0. The number of amides is 1. The second-order valence-corrected chi connectivity index (χ2v) is 10.6. The van der Waals surface area contributed by atoms with Crippen LogP contribution in [-0.4, -0.2) is 61.3 Å². The van der Waals surface area contributed by atoms with Crippen LogP contribution in [0.15, 0.2) is 28.8 Å². The highest BCUT2D eigenvalue weighted by Crippen LogP contribution is 2.50. The number of benzene rings is 1. The van der Waals surface area contributed by atoms with Crippen LogP contribution in [-0.2, 0) is 26.7 Å². The van der Waals surface area contributed by atoms with Gasteiger partial charge in [0.2, 0.25) is 21.8 Å². The van der Waals surface area contributed by atoms with Crippen molar-refractivity contribution in [2.24, 2.45) is 5.92 Å². The monoisotopic (exact) mass is 448 g/mol. The maximum atomic E-state index is 12.7. The average Bonchev–Trinajstić information content (AvgIpc) is 3.38. The molecule has 2 aromatic rings. The largest absolute Gasteiger partial charge is 0.496 e. The van der Waals surface area contributed by atoms with Crippen molar-refractivity contribution >= 4 is 15.9 Å². The Morgan fingerprint density at radius 1 is 1.39 bits per heavy atom. The summed E-state index contributed by atoms with van der Waals surface area (Å²) in [5, 5.41) is 7.05. The first kappa shape index (κ1) is 21.8. The van der Waals surface area contributed by atoms with Gasteiger partial charge < -0.3 is 14.6 Å². The van der Waals surface area contributed by atoms with Crippen LogP contribution in [0.5, 0.6) is 5.75 Å². The number of ether oxygens (including phenoxy) is 1. The number of hydrogen-bond acceptors (Lipinski definition) is 7.